The number of carbonyl (C=O) groups excluding carboxylic acids is 1. The molecule has 1 amide bonds. The van der Waals surface area contributed by atoms with Crippen LogP contribution >= 0.6 is 15.9 Å². The molecule has 2 N–H and O–H groups in total. The standard InChI is InChI=1S/C17H19BrN2O4S/c1-11(13-5-4-6-14(18)9-13)20-25(22,23)15-7-8-17(24-3)16(10-15)19-12(2)21/h4-11,20H,1-3H3,(H,19,21). The lowest BCUT2D eigenvalue weighted by Crippen LogP contribution is -2.27. The van der Waals surface area contributed by atoms with Crippen LogP contribution in [0.5, 0.6) is 5.75 Å². The first-order valence-electron chi connectivity index (χ1n) is 7.46. The molecule has 6 nitrogen and oxygen atoms in total. The number of sulfonamides is 1. The second-order valence-electron chi connectivity index (χ2n) is 5.44. The van der Waals surface area contributed by atoms with Gasteiger partial charge in [0.1, 0.15) is 5.75 Å². The Morgan fingerprint density at radius 3 is 2.52 bits per heavy atom. The van der Waals surface area contributed by atoms with Gasteiger partial charge in [-0.1, -0.05) is 28.1 Å². The van der Waals surface area contributed by atoms with E-state index in [0.29, 0.717) is 11.4 Å². The molecule has 0 fully saturated rings. The average molecular weight is 427 g/mol. The summed E-state index contributed by atoms with van der Waals surface area (Å²) in [5, 5.41) is 2.57. The fourth-order valence-corrected chi connectivity index (χ4v) is 3.96. The molecule has 25 heavy (non-hydrogen) atoms. The van der Waals surface area contributed by atoms with Crippen molar-refractivity contribution in [1.82, 2.24) is 4.72 Å². The number of methoxy groups -OCH3 is 1. The third kappa shape index (κ3) is 5.04. The zero-order chi connectivity index (χ0) is 18.6. The maximum atomic E-state index is 12.7. The predicted octanol–water partition coefficient (Wildman–Crippen LogP) is 3.46. The molecule has 0 aromatic heterocycles. The van der Waals surface area contributed by atoms with Crippen molar-refractivity contribution in [2.75, 3.05) is 12.4 Å². The minimum atomic E-state index is -3.78. The van der Waals surface area contributed by atoms with Gasteiger partial charge in [-0.3, -0.25) is 4.79 Å². The van der Waals surface area contributed by atoms with Crippen LogP contribution in [0.1, 0.15) is 25.5 Å². The number of hydrogen-bond acceptors (Lipinski definition) is 4. The first-order chi connectivity index (χ1) is 11.7. The van der Waals surface area contributed by atoms with E-state index in [2.05, 4.69) is 26.0 Å². The summed E-state index contributed by atoms with van der Waals surface area (Å²) >= 11 is 3.37. The lowest BCUT2D eigenvalue weighted by atomic mass is 10.1. The predicted molar refractivity (Wildman–Crippen MR) is 100 cm³/mol. The number of benzene rings is 2. The Hall–Kier alpha value is -1.90. The molecule has 2 aromatic carbocycles. The van der Waals surface area contributed by atoms with Crippen LogP contribution in [0.25, 0.3) is 0 Å². The smallest absolute Gasteiger partial charge is 0.241 e. The molecule has 0 aliphatic carbocycles. The van der Waals surface area contributed by atoms with Crippen LogP contribution in [0.15, 0.2) is 51.8 Å². The zero-order valence-electron chi connectivity index (χ0n) is 14.0. The topological polar surface area (TPSA) is 84.5 Å². The number of hydrogen-bond donors (Lipinski definition) is 2. The lowest BCUT2D eigenvalue weighted by molar-refractivity contribution is -0.114. The van der Waals surface area contributed by atoms with E-state index in [0.717, 1.165) is 10.0 Å². The molecule has 134 valence electrons. The molecular weight excluding hydrogens is 408 g/mol. The van der Waals surface area contributed by atoms with Gasteiger partial charge in [0.05, 0.1) is 17.7 Å². The molecule has 0 spiro atoms. The third-order valence-electron chi connectivity index (χ3n) is 3.47. The summed E-state index contributed by atoms with van der Waals surface area (Å²) in [5.74, 6) is 0.0671. The van der Waals surface area contributed by atoms with E-state index >= 15 is 0 Å². The van der Waals surface area contributed by atoms with Crippen LogP contribution < -0.4 is 14.8 Å². The number of halogens is 1. The fraction of sp³-hybridized carbons (Fsp3) is 0.235. The number of nitrogens with one attached hydrogen (secondary N) is 2. The van der Waals surface area contributed by atoms with E-state index in [-0.39, 0.29) is 10.8 Å². The van der Waals surface area contributed by atoms with Gasteiger partial charge in [-0.25, -0.2) is 13.1 Å². The number of carbonyl (C=O) groups is 1. The normalized spacial score (nSPS) is 12.5. The van der Waals surface area contributed by atoms with E-state index in [1.54, 1.807) is 6.92 Å². The molecule has 0 bridgehead atoms. The molecule has 0 saturated heterocycles. The third-order valence-corrected chi connectivity index (χ3v) is 5.50. The summed E-state index contributed by atoms with van der Waals surface area (Å²) in [5.41, 5.74) is 1.13. The monoisotopic (exact) mass is 426 g/mol. The van der Waals surface area contributed by atoms with E-state index in [1.165, 1.54) is 32.2 Å². The molecule has 1 unspecified atom stereocenters. The van der Waals surface area contributed by atoms with Gasteiger partial charge in [0, 0.05) is 17.4 Å². The van der Waals surface area contributed by atoms with Gasteiger partial charge < -0.3 is 10.1 Å². The molecular formula is C17H19BrN2O4S. The molecule has 0 aliphatic heterocycles. The summed E-state index contributed by atoms with van der Waals surface area (Å²) in [4.78, 5) is 11.3. The van der Waals surface area contributed by atoms with Crippen molar-refractivity contribution in [3.63, 3.8) is 0 Å². The quantitative estimate of drug-likeness (QED) is 0.740. The first kappa shape index (κ1) is 19.4. The number of amides is 1. The van der Waals surface area contributed by atoms with Crippen molar-refractivity contribution in [2.24, 2.45) is 0 Å². The number of ether oxygens (including phenoxy) is 1. The molecule has 2 aromatic rings. The minimum Gasteiger partial charge on any atom is -0.495 e. The largest absolute Gasteiger partial charge is 0.495 e. The Bertz CT molecular complexity index is 884. The van der Waals surface area contributed by atoms with Gasteiger partial charge in [0.2, 0.25) is 15.9 Å². The van der Waals surface area contributed by atoms with E-state index in [4.69, 9.17) is 4.74 Å². The van der Waals surface area contributed by atoms with E-state index < -0.39 is 16.1 Å². The first-order valence-corrected chi connectivity index (χ1v) is 9.74. The highest BCUT2D eigenvalue weighted by atomic mass is 79.9. The molecule has 0 saturated carbocycles. The Balaban J connectivity index is 2.31. The van der Waals surface area contributed by atoms with Crippen LogP contribution in [0.3, 0.4) is 0 Å². The molecule has 0 aliphatic rings. The second-order valence-corrected chi connectivity index (χ2v) is 8.07. The van der Waals surface area contributed by atoms with Crippen molar-refractivity contribution in [2.45, 2.75) is 24.8 Å². The molecule has 8 heteroatoms. The van der Waals surface area contributed by atoms with E-state index in [1.807, 2.05) is 24.3 Å². The highest BCUT2D eigenvalue weighted by Crippen LogP contribution is 2.28. The van der Waals surface area contributed by atoms with Crippen molar-refractivity contribution in [1.29, 1.82) is 0 Å². The van der Waals surface area contributed by atoms with Crippen LogP contribution in [-0.4, -0.2) is 21.4 Å². The maximum absolute atomic E-state index is 12.7. The van der Waals surface area contributed by atoms with Gasteiger partial charge in [-0.05, 0) is 42.8 Å². The molecule has 0 radical (unpaired) electrons. The second kappa shape index (κ2) is 7.99. The Morgan fingerprint density at radius 2 is 1.92 bits per heavy atom. The van der Waals surface area contributed by atoms with Crippen molar-refractivity contribution in [3.8, 4) is 5.75 Å². The van der Waals surface area contributed by atoms with Gasteiger partial charge >= 0.3 is 0 Å². The molecule has 1 atom stereocenters. The highest BCUT2D eigenvalue weighted by molar-refractivity contribution is 9.10. The summed E-state index contributed by atoms with van der Waals surface area (Å²) in [6.07, 6.45) is 0. The highest BCUT2D eigenvalue weighted by Gasteiger charge is 2.20. The maximum Gasteiger partial charge on any atom is 0.241 e. The van der Waals surface area contributed by atoms with Crippen LogP contribution in [-0.2, 0) is 14.8 Å². The lowest BCUT2D eigenvalue weighted by Gasteiger charge is -2.16. The fourth-order valence-electron chi connectivity index (χ4n) is 2.29. The van der Waals surface area contributed by atoms with Crippen LogP contribution in [0.4, 0.5) is 5.69 Å². The van der Waals surface area contributed by atoms with Crippen molar-refractivity contribution < 1.29 is 17.9 Å². The summed E-state index contributed by atoms with van der Waals surface area (Å²) < 4.78 is 34.0. The SMILES string of the molecule is COc1ccc(S(=O)(=O)NC(C)c2cccc(Br)c2)cc1NC(C)=O. The average Bonchev–Trinajstić information content (AvgIpc) is 2.53. The minimum absolute atomic E-state index is 0.0406. The van der Waals surface area contributed by atoms with Gasteiger partial charge in [0.15, 0.2) is 0 Å². The van der Waals surface area contributed by atoms with Crippen molar-refractivity contribution >= 4 is 37.5 Å². The van der Waals surface area contributed by atoms with E-state index in [9.17, 15) is 13.2 Å². The Labute approximate surface area is 155 Å². The Morgan fingerprint density at radius 1 is 1.20 bits per heavy atom. The number of rotatable bonds is 6. The number of anilines is 1. The summed E-state index contributed by atoms with van der Waals surface area (Å²) in [6, 6.07) is 11.3. The molecule has 2 rings (SSSR count). The van der Waals surface area contributed by atoms with Crippen molar-refractivity contribution in [3.05, 3.63) is 52.5 Å². The Kier molecular flexibility index (Phi) is 6.21. The summed E-state index contributed by atoms with van der Waals surface area (Å²) in [7, 11) is -2.33. The van der Waals surface area contributed by atoms with Crippen LogP contribution in [0, 0.1) is 0 Å². The summed E-state index contributed by atoms with van der Waals surface area (Å²) in [6.45, 7) is 3.10. The molecule has 0 heterocycles. The van der Waals surface area contributed by atoms with Gasteiger partial charge in [-0.15, -0.1) is 0 Å². The zero-order valence-corrected chi connectivity index (χ0v) is 16.4. The van der Waals surface area contributed by atoms with Gasteiger partial charge in [-0.2, -0.15) is 0 Å². The van der Waals surface area contributed by atoms with Gasteiger partial charge in [0.25, 0.3) is 0 Å². The van der Waals surface area contributed by atoms with Crippen LogP contribution in [0.2, 0.25) is 0 Å².